The van der Waals surface area contributed by atoms with E-state index in [1.54, 1.807) is 30.6 Å². The zero-order valence-electron chi connectivity index (χ0n) is 11.1. The van der Waals surface area contributed by atoms with Gasteiger partial charge in [0.25, 0.3) is 5.69 Å². The Kier molecular flexibility index (Phi) is 3.18. The zero-order chi connectivity index (χ0) is 15.7. The average Bonchev–Trinajstić information content (AvgIpc) is 2.89. The standard InChI is InChI=1S/C14H10N4O4/c19-14(20)17-13-5-12-11(7-16-13)10(6-15-12)8-1-3-9(4-2-8)18(21)22/h1-7,15H,(H,16,17)(H,19,20). The van der Waals surface area contributed by atoms with Crippen LogP contribution in [0.1, 0.15) is 0 Å². The minimum absolute atomic E-state index is 0.0228. The van der Waals surface area contributed by atoms with Gasteiger partial charge < -0.3 is 10.1 Å². The smallest absolute Gasteiger partial charge is 0.410 e. The van der Waals surface area contributed by atoms with Crippen molar-refractivity contribution in [3.8, 4) is 11.1 Å². The molecule has 0 aliphatic carbocycles. The number of hydrogen-bond donors (Lipinski definition) is 3. The molecule has 3 N–H and O–H groups in total. The van der Waals surface area contributed by atoms with Crippen LogP contribution in [0.5, 0.6) is 0 Å². The molecule has 0 bridgehead atoms. The van der Waals surface area contributed by atoms with E-state index in [-0.39, 0.29) is 11.5 Å². The lowest BCUT2D eigenvalue weighted by atomic mass is 10.1. The number of hydrogen-bond acceptors (Lipinski definition) is 4. The Hall–Kier alpha value is -3.42. The number of carboxylic acid groups (broad SMARTS) is 1. The third-order valence-corrected chi connectivity index (χ3v) is 3.19. The lowest BCUT2D eigenvalue weighted by Gasteiger charge is -2.01. The number of H-pyrrole nitrogens is 1. The van der Waals surface area contributed by atoms with Crippen molar-refractivity contribution in [3.05, 3.63) is 52.8 Å². The second kappa shape index (κ2) is 5.17. The molecule has 1 amide bonds. The van der Waals surface area contributed by atoms with Gasteiger partial charge in [0.1, 0.15) is 5.82 Å². The van der Waals surface area contributed by atoms with E-state index in [2.05, 4.69) is 15.3 Å². The van der Waals surface area contributed by atoms with Crippen LogP contribution >= 0.6 is 0 Å². The van der Waals surface area contributed by atoms with Crippen LogP contribution in [-0.2, 0) is 0 Å². The first-order chi connectivity index (χ1) is 10.5. The Morgan fingerprint density at radius 1 is 1.32 bits per heavy atom. The maximum atomic E-state index is 10.7. The van der Waals surface area contributed by atoms with E-state index in [4.69, 9.17) is 5.11 Å². The molecule has 3 rings (SSSR count). The Balaban J connectivity index is 2.01. The van der Waals surface area contributed by atoms with Gasteiger partial charge >= 0.3 is 6.09 Å². The number of pyridine rings is 1. The predicted molar refractivity (Wildman–Crippen MR) is 79.8 cm³/mol. The fraction of sp³-hybridized carbons (Fsp3) is 0. The van der Waals surface area contributed by atoms with E-state index in [0.29, 0.717) is 5.52 Å². The molecule has 0 spiro atoms. The van der Waals surface area contributed by atoms with E-state index in [9.17, 15) is 14.9 Å². The highest BCUT2D eigenvalue weighted by Crippen LogP contribution is 2.30. The number of benzene rings is 1. The molecular formula is C14H10N4O4. The number of rotatable bonds is 3. The number of carbonyl (C=O) groups is 1. The normalized spacial score (nSPS) is 10.5. The second-order valence-electron chi connectivity index (χ2n) is 4.55. The number of aromatic amines is 1. The van der Waals surface area contributed by atoms with Crippen molar-refractivity contribution < 1.29 is 14.8 Å². The summed E-state index contributed by atoms with van der Waals surface area (Å²) in [5.74, 6) is 0.220. The predicted octanol–water partition coefficient (Wildman–Crippen LogP) is 3.23. The van der Waals surface area contributed by atoms with Crippen LogP contribution in [0, 0.1) is 10.1 Å². The Morgan fingerprint density at radius 2 is 2.05 bits per heavy atom. The van der Waals surface area contributed by atoms with Crippen LogP contribution in [0.3, 0.4) is 0 Å². The first-order valence-corrected chi connectivity index (χ1v) is 6.26. The van der Waals surface area contributed by atoms with Gasteiger partial charge in [-0.05, 0) is 17.7 Å². The first kappa shape index (κ1) is 13.6. The van der Waals surface area contributed by atoms with E-state index in [0.717, 1.165) is 16.5 Å². The number of nitrogens with zero attached hydrogens (tertiary/aromatic N) is 2. The van der Waals surface area contributed by atoms with Gasteiger partial charge in [0.05, 0.1) is 10.4 Å². The topological polar surface area (TPSA) is 121 Å². The second-order valence-corrected chi connectivity index (χ2v) is 4.55. The third-order valence-electron chi connectivity index (χ3n) is 3.19. The SMILES string of the molecule is O=C(O)Nc1cc2[nH]cc(-c3ccc([N+](=O)[O-])cc3)c2cn1. The molecule has 0 unspecified atom stereocenters. The van der Waals surface area contributed by atoms with Crippen molar-refractivity contribution in [2.75, 3.05) is 5.32 Å². The maximum absolute atomic E-state index is 10.7. The summed E-state index contributed by atoms with van der Waals surface area (Å²) in [5.41, 5.74) is 2.37. The van der Waals surface area contributed by atoms with Crippen LogP contribution in [0.25, 0.3) is 22.0 Å². The summed E-state index contributed by atoms with van der Waals surface area (Å²) in [4.78, 5) is 27.9. The van der Waals surface area contributed by atoms with Gasteiger partial charge in [0.2, 0.25) is 0 Å². The fourth-order valence-electron chi connectivity index (χ4n) is 2.20. The molecule has 0 saturated heterocycles. The number of amides is 1. The van der Waals surface area contributed by atoms with Crippen molar-refractivity contribution in [1.29, 1.82) is 0 Å². The number of non-ortho nitro benzene ring substituents is 1. The summed E-state index contributed by atoms with van der Waals surface area (Å²) in [7, 11) is 0. The molecule has 3 aromatic rings. The number of anilines is 1. The van der Waals surface area contributed by atoms with Gasteiger partial charge in [-0.25, -0.2) is 9.78 Å². The molecule has 0 radical (unpaired) electrons. The first-order valence-electron chi connectivity index (χ1n) is 6.26. The minimum Gasteiger partial charge on any atom is -0.465 e. The molecule has 0 saturated carbocycles. The molecular weight excluding hydrogens is 288 g/mol. The highest BCUT2D eigenvalue weighted by Gasteiger charge is 2.10. The van der Waals surface area contributed by atoms with E-state index in [1.807, 2.05) is 0 Å². The van der Waals surface area contributed by atoms with Crippen molar-refractivity contribution in [3.63, 3.8) is 0 Å². The summed E-state index contributed by atoms with van der Waals surface area (Å²) >= 11 is 0. The van der Waals surface area contributed by atoms with E-state index >= 15 is 0 Å². The maximum Gasteiger partial charge on any atom is 0.410 e. The monoisotopic (exact) mass is 298 g/mol. The molecule has 2 aromatic heterocycles. The van der Waals surface area contributed by atoms with Gasteiger partial charge in [0, 0.05) is 41.5 Å². The van der Waals surface area contributed by atoms with Gasteiger partial charge in [-0.3, -0.25) is 15.4 Å². The van der Waals surface area contributed by atoms with Gasteiger partial charge in [-0.2, -0.15) is 0 Å². The van der Waals surface area contributed by atoms with E-state index in [1.165, 1.54) is 12.1 Å². The minimum atomic E-state index is -1.19. The third kappa shape index (κ3) is 2.44. The van der Waals surface area contributed by atoms with Crippen LogP contribution in [0.2, 0.25) is 0 Å². The molecule has 8 nitrogen and oxygen atoms in total. The Bertz CT molecular complexity index is 870. The molecule has 0 atom stereocenters. The van der Waals surface area contributed by atoms with Crippen molar-refractivity contribution >= 4 is 28.5 Å². The number of nitro benzene ring substituents is 1. The summed E-state index contributed by atoms with van der Waals surface area (Å²) < 4.78 is 0. The fourth-order valence-corrected chi connectivity index (χ4v) is 2.20. The van der Waals surface area contributed by atoms with Crippen LogP contribution < -0.4 is 5.32 Å². The number of nitrogens with one attached hydrogen (secondary N) is 2. The summed E-state index contributed by atoms with van der Waals surface area (Å²) in [6, 6.07) is 7.76. The Morgan fingerprint density at radius 3 is 2.68 bits per heavy atom. The molecule has 8 heteroatoms. The van der Waals surface area contributed by atoms with Crippen molar-refractivity contribution in [2.45, 2.75) is 0 Å². The lowest BCUT2D eigenvalue weighted by Crippen LogP contribution is -2.08. The van der Waals surface area contributed by atoms with Crippen LogP contribution in [-0.4, -0.2) is 26.1 Å². The lowest BCUT2D eigenvalue weighted by molar-refractivity contribution is -0.384. The number of aromatic nitrogens is 2. The molecule has 110 valence electrons. The van der Waals surface area contributed by atoms with Gasteiger partial charge in [-0.1, -0.05) is 0 Å². The molecule has 2 heterocycles. The zero-order valence-corrected chi connectivity index (χ0v) is 11.1. The molecule has 0 aliphatic rings. The Labute approximate surface area is 123 Å². The highest BCUT2D eigenvalue weighted by atomic mass is 16.6. The summed E-state index contributed by atoms with van der Waals surface area (Å²) in [5, 5.41) is 22.3. The molecule has 0 aliphatic heterocycles. The van der Waals surface area contributed by atoms with Gasteiger partial charge in [0.15, 0.2) is 0 Å². The largest absolute Gasteiger partial charge is 0.465 e. The van der Waals surface area contributed by atoms with E-state index < -0.39 is 11.0 Å². The molecule has 0 fully saturated rings. The van der Waals surface area contributed by atoms with Gasteiger partial charge in [-0.15, -0.1) is 0 Å². The quantitative estimate of drug-likeness (QED) is 0.506. The van der Waals surface area contributed by atoms with Crippen LogP contribution in [0.4, 0.5) is 16.3 Å². The van der Waals surface area contributed by atoms with Crippen molar-refractivity contribution in [1.82, 2.24) is 9.97 Å². The highest BCUT2D eigenvalue weighted by molar-refractivity contribution is 5.97. The summed E-state index contributed by atoms with van der Waals surface area (Å²) in [6.07, 6.45) is 2.11. The number of nitro groups is 1. The van der Waals surface area contributed by atoms with Crippen molar-refractivity contribution in [2.24, 2.45) is 0 Å². The summed E-state index contributed by atoms with van der Waals surface area (Å²) in [6.45, 7) is 0. The van der Waals surface area contributed by atoms with Crippen LogP contribution in [0.15, 0.2) is 42.7 Å². The number of fused-ring (bicyclic) bond motifs is 1. The molecule has 1 aromatic carbocycles. The molecule has 22 heavy (non-hydrogen) atoms. The average molecular weight is 298 g/mol.